The van der Waals surface area contributed by atoms with Crippen LogP contribution in [0.2, 0.25) is 0 Å². The Labute approximate surface area is 178 Å². The molecular formula is C24H32N2O4. The van der Waals surface area contributed by atoms with Gasteiger partial charge in [0.15, 0.2) is 18.1 Å². The molecule has 1 aromatic carbocycles. The predicted octanol–water partition coefficient (Wildman–Crippen LogP) is 4.79. The lowest BCUT2D eigenvalue weighted by Crippen LogP contribution is -2.50. The molecule has 0 saturated heterocycles. The molecule has 0 spiro atoms. The Kier molecular flexibility index (Phi) is 5.34. The van der Waals surface area contributed by atoms with E-state index in [2.05, 4.69) is 17.4 Å². The molecule has 162 valence electrons. The molecule has 5 aliphatic rings. The van der Waals surface area contributed by atoms with E-state index in [-0.39, 0.29) is 17.9 Å². The molecule has 4 fully saturated rings. The van der Waals surface area contributed by atoms with Crippen molar-refractivity contribution in [2.45, 2.75) is 58.3 Å². The van der Waals surface area contributed by atoms with E-state index in [1.807, 2.05) is 12.1 Å². The van der Waals surface area contributed by atoms with Crippen molar-refractivity contribution in [3.05, 3.63) is 18.2 Å². The number of rotatable bonds is 6. The van der Waals surface area contributed by atoms with Crippen LogP contribution in [0, 0.1) is 23.2 Å². The summed E-state index contributed by atoms with van der Waals surface area (Å²) in [5.41, 5.74) is 2.08. The number of benzene rings is 1. The van der Waals surface area contributed by atoms with Gasteiger partial charge < -0.3 is 19.6 Å². The van der Waals surface area contributed by atoms with Gasteiger partial charge in [-0.1, -0.05) is 12.1 Å². The second kappa shape index (κ2) is 8.12. The van der Waals surface area contributed by atoms with Gasteiger partial charge in [-0.25, -0.2) is 0 Å². The number of hydrogen-bond donors (Lipinski definition) is 1. The monoisotopic (exact) mass is 412 g/mol. The zero-order valence-corrected chi connectivity index (χ0v) is 17.8. The smallest absolute Gasteiger partial charge is 0.265 e. The first-order valence-electron chi connectivity index (χ1n) is 11.5. The van der Waals surface area contributed by atoms with Crippen LogP contribution < -0.4 is 14.8 Å². The van der Waals surface area contributed by atoms with Crippen molar-refractivity contribution in [1.29, 1.82) is 0 Å². The van der Waals surface area contributed by atoms with E-state index < -0.39 is 0 Å². The van der Waals surface area contributed by atoms with E-state index in [1.165, 1.54) is 44.2 Å². The third kappa shape index (κ3) is 3.88. The fourth-order valence-electron chi connectivity index (χ4n) is 6.61. The maximum atomic E-state index is 12.4. The fraction of sp³-hybridized carbons (Fsp3) is 0.667. The Hall–Kier alpha value is -2.24. The van der Waals surface area contributed by atoms with Crippen LogP contribution in [-0.2, 0) is 9.63 Å². The fourth-order valence-corrected chi connectivity index (χ4v) is 6.61. The standard InChI is InChI=1S/C24H32N2O4/c1-2-22(24-12-16-8-17(13-24)10-18(9-16)14-24)26-30-15-23(27)25-19-4-5-20-21(11-19)29-7-3-6-28-20/h4-5,11,16-18H,2-3,6-10,12-15H2,1H3,(H,25,27)/b26-22+. The quantitative estimate of drug-likeness (QED) is 0.539. The Balaban J connectivity index is 1.19. The minimum absolute atomic E-state index is 0.0791. The van der Waals surface area contributed by atoms with E-state index in [4.69, 9.17) is 14.3 Å². The molecule has 1 heterocycles. The lowest BCUT2D eigenvalue weighted by atomic mass is 9.48. The molecule has 6 nitrogen and oxygen atoms in total. The zero-order valence-electron chi connectivity index (χ0n) is 17.8. The first-order valence-corrected chi connectivity index (χ1v) is 11.5. The average Bonchev–Trinajstić information content (AvgIpc) is 2.95. The van der Waals surface area contributed by atoms with Crippen molar-refractivity contribution >= 4 is 17.3 Å². The van der Waals surface area contributed by atoms with Crippen LogP contribution in [0.25, 0.3) is 0 Å². The van der Waals surface area contributed by atoms with E-state index in [0.717, 1.165) is 36.3 Å². The number of oxime groups is 1. The Morgan fingerprint density at radius 2 is 1.77 bits per heavy atom. The maximum absolute atomic E-state index is 12.4. The van der Waals surface area contributed by atoms with Crippen LogP contribution in [0.15, 0.2) is 23.4 Å². The van der Waals surface area contributed by atoms with E-state index in [9.17, 15) is 4.79 Å². The summed E-state index contributed by atoms with van der Waals surface area (Å²) in [5, 5.41) is 7.38. The molecule has 4 aliphatic carbocycles. The maximum Gasteiger partial charge on any atom is 0.265 e. The number of nitrogens with one attached hydrogen (secondary N) is 1. The van der Waals surface area contributed by atoms with Crippen LogP contribution in [0.3, 0.4) is 0 Å². The summed E-state index contributed by atoms with van der Waals surface area (Å²) in [4.78, 5) is 18.0. The second-order valence-corrected chi connectivity index (χ2v) is 9.62. The minimum Gasteiger partial charge on any atom is -0.490 e. The topological polar surface area (TPSA) is 69.2 Å². The first kappa shape index (κ1) is 19.7. The van der Waals surface area contributed by atoms with Crippen molar-refractivity contribution in [2.24, 2.45) is 28.3 Å². The Morgan fingerprint density at radius 1 is 1.10 bits per heavy atom. The highest BCUT2D eigenvalue weighted by molar-refractivity contribution is 5.92. The van der Waals surface area contributed by atoms with Gasteiger partial charge >= 0.3 is 0 Å². The number of fused-ring (bicyclic) bond motifs is 1. The van der Waals surface area contributed by atoms with Crippen LogP contribution in [0.5, 0.6) is 11.5 Å². The Bertz CT molecular complexity index is 799. The first-order chi connectivity index (χ1) is 14.6. The average molecular weight is 413 g/mol. The van der Waals surface area contributed by atoms with Gasteiger partial charge in [-0.3, -0.25) is 4.79 Å². The summed E-state index contributed by atoms with van der Waals surface area (Å²) in [7, 11) is 0. The molecule has 0 unspecified atom stereocenters. The third-order valence-electron chi connectivity index (χ3n) is 7.39. The molecule has 1 aliphatic heterocycles. The highest BCUT2D eigenvalue weighted by Gasteiger charge is 2.53. The normalized spacial score (nSPS) is 31.9. The zero-order chi connectivity index (χ0) is 20.6. The highest BCUT2D eigenvalue weighted by Crippen LogP contribution is 2.60. The van der Waals surface area contributed by atoms with Crippen LogP contribution >= 0.6 is 0 Å². The number of anilines is 1. The molecule has 0 aromatic heterocycles. The largest absolute Gasteiger partial charge is 0.490 e. The molecular weight excluding hydrogens is 380 g/mol. The summed E-state index contributed by atoms with van der Waals surface area (Å²) in [6.45, 7) is 3.35. The van der Waals surface area contributed by atoms with Gasteiger partial charge in [0.2, 0.25) is 0 Å². The van der Waals surface area contributed by atoms with Gasteiger partial charge in [0.25, 0.3) is 5.91 Å². The van der Waals surface area contributed by atoms with Gasteiger partial charge in [-0.05, 0) is 74.8 Å². The van der Waals surface area contributed by atoms with Gasteiger partial charge in [0.1, 0.15) is 0 Å². The number of carbonyl (C=O) groups excluding carboxylic acids is 1. The molecule has 4 saturated carbocycles. The third-order valence-corrected chi connectivity index (χ3v) is 7.39. The second-order valence-electron chi connectivity index (χ2n) is 9.62. The summed E-state index contributed by atoms with van der Waals surface area (Å²) in [6, 6.07) is 5.45. The van der Waals surface area contributed by atoms with Crippen molar-refractivity contribution in [2.75, 3.05) is 25.1 Å². The minimum atomic E-state index is -0.214. The molecule has 1 amide bonds. The molecule has 4 bridgehead atoms. The van der Waals surface area contributed by atoms with E-state index >= 15 is 0 Å². The van der Waals surface area contributed by atoms with E-state index in [0.29, 0.717) is 24.7 Å². The number of hydrogen-bond acceptors (Lipinski definition) is 5. The molecule has 6 heteroatoms. The summed E-state index contributed by atoms with van der Waals surface area (Å²) in [5.74, 6) is 3.78. The van der Waals surface area contributed by atoms with Crippen molar-refractivity contribution in [3.63, 3.8) is 0 Å². The lowest BCUT2D eigenvalue weighted by molar-refractivity contribution is -0.120. The van der Waals surface area contributed by atoms with Gasteiger partial charge in [-0.15, -0.1) is 0 Å². The Morgan fingerprint density at radius 3 is 2.43 bits per heavy atom. The molecule has 6 rings (SSSR count). The van der Waals surface area contributed by atoms with Gasteiger partial charge in [0.05, 0.1) is 18.9 Å². The number of amides is 1. The number of ether oxygens (including phenoxy) is 2. The molecule has 30 heavy (non-hydrogen) atoms. The number of nitrogens with zero attached hydrogens (tertiary/aromatic N) is 1. The van der Waals surface area contributed by atoms with Gasteiger partial charge in [-0.2, -0.15) is 0 Å². The highest BCUT2D eigenvalue weighted by atomic mass is 16.6. The van der Waals surface area contributed by atoms with Gasteiger partial charge in [0, 0.05) is 23.6 Å². The molecule has 0 atom stereocenters. The predicted molar refractivity (Wildman–Crippen MR) is 115 cm³/mol. The van der Waals surface area contributed by atoms with E-state index in [1.54, 1.807) is 6.07 Å². The summed E-state index contributed by atoms with van der Waals surface area (Å²) < 4.78 is 11.3. The van der Waals surface area contributed by atoms with Crippen molar-refractivity contribution < 1.29 is 19.1 Å². The molecule has 0 radical (unpaired) electrons. The molecule has 1 N–H and O–H groups in total. The van der Waals surface area contributed by atoms with Crippen molar-refractivity contribution in [3.8, 4) is 11.5 Å². The van der Waals surface area contributed by atoms with Crippen LogP contribution in [-0.4, -0.2) is 31.4 Å². The van der Waals surface area contributed by atoms with Crippen LogP contribution in [0.1, 0.15) is 58.3 Å². The summed E-state index contributed by atoms with van der Waals surface area (Å²) >= 11 is 0. The number of carbonyl (C=O) groups is 1. The SMILES string of the molecule is CC/C(=N\OCC(=O)Nc1ccc2c(c1)OCCCO2)C12CC3CC(CC(C3)C1)C2. The molecule has 1 aromatic rings. The lowest BCUT2D eigenvalue weighted by Gasteiger charge is -2.56. The van der Waals surface area contributed by atoms with Crippen LogP contribution in [0.4, 0.5) is 5.69 Å². The van der Waals surface area contributed by atoms with Crippen molar-refractivity contribution in [1.82, 2.24) is 0 Å². The summed E-state index contributed by atoms with van der Waals surface area (Å²) in [6.07, 6.45) is 9.77.